The number of nitrogens with one attached hydrogen (secondary N) is 2. The standard InChI is InChI=1S/C19H19N3O3/c1-12-7-8-24-15-5-6-17-16(10-15)18(22-21-17)14-4-2-3-13(9-14)11-25-19(23)20-12/h2-6,9-10,12H,7-8,11H2,1H3,(H,20,23)(H,21,22). The number of carbonyl (C=O) groups excluding carboxylic acids is 1. The van der Waals surface area contributed by atoms with Crippen molar-refractivity contribution in [1.29, 1.82) is 0 Å². The molecule has 1 unspecified atom stereocenters. The Bertz CT molecular complexity index is 919. The first-order valence-electron chi connectivity index (χ1n) is 8.32. The van der Waals surface area contributed by atoms with E-state index in [1.54, 1.807) is 0 Å². The number of nitrogens with zero attached hydrogens (tertiary/aromatic N) is 1. The van der Waals surface area contributed by atoms with Crippen LogP contribution in [0.4, 0.5) is 4.79 Å². The molecule has 0 aliphatic carbocycles. The van der Waals surface area contributed by atoms with Crippen LogP contribution in [0.5, 0.6) is 5.75 Å². The Morgan fingerprint density at radius 1 is 1.16 bits per heavy atom. The molecule has 0 fully saturated rings. The maximum Gasteiger partial charge on any atom is 0.407 e. The number of alkyl carbamates (subject to hydrolysis) is 1. The highest BCUT2D eigenvalue weighted by atomic mass is 16.5. The van der Waals surface area contributed by atoms with Gasteiger partial charge in [-0.25, -0.2) is 4.79 Å². The molecule has 6 heteroatoms. The highest BCUT2D eigenvalue weighted by Gasteiger charge is 2.13. The lowest BCUT2D eigenvalue weighted by Crippen LogP contribution is -2.34. The summed E-state index contributed by atoms with van der Waals surface area (Å²) in [5.74, 6) is 0.788. The van der Waals surface area contributed by atoms with Crippen molar-refractivity contribution in [2.24, 2.45) is 0 Å². The van der Waals surface area contributed by atoms with E-state index in [1.165, 1.54) is 0 Å². The van der Waals surface area contributed by atoms with Crippen molar-refractivity contribution in [2.75, 3.05) is 6.61 Å². The molecule has 0 saturated heterocycles. The van der Waals surface area contributed by atoms with Crippen molar-refractivity contribution in [3.8, 4) is 17.0 Å². The van der Waals surface area contributed by atoms with E-state index in [4.69, 9.17) is 9.47 Å². The minimum Gasteiger partial charge on any atom is -0.493 e. The topological polar surface area (TPSA) is 76.2 Å². The lowest BCUT2D eigenvalue weighted by atomic mass is 10.1. The zero-order valence-corrected chi connectivity index (χ0v) is 13.9. The predicted octanol–water partition coefficient (Wildman–Crippen LogP) is 3.63. The van der Waals surface area contributed by atoms with Crippen molar-refractivity contribution in [2.45, 2.75) is 26.0 Å². The highest BCUT2D eigenvalue weighted by molar-refractivity contribution is 5.93. The van der Waals surface area contributed by atoms with Crippen LogP contribution in [0, 0.1) is 0 Å². The summed E-state index contributed by atoms with van der Waals surface area (Å²) >= 11 is 0. The third-order valence-corrected chi connectivity index (χ3v) is 4.29. The van der Waals surface area contributed by atoms with Crippen LogP contribution < -0.4 is 10.1 Å². The zero-order valence-electron chi connectivity index (χ0n) is 13.9. The molecule has 1 aliphatic heterocycles. The van der Waals surface area contributed by atoms with Gasteiger partial charge in [0.2, 0.25) is 0 Å². The molecule has 2 N–H and O–H groups in total. The molecule has 2 aromatic carbocycles. The van der Waals surface area contributed by atoms with Gasteiger partial charge in [-0.1, -0.05) is 18.2 Å². The molecule has 4 bridgehead atoms. The fourth-order valence-electron chi connectivity index (χ4n) is 2.93. The second-order valence-corrected chi connectivity index (χ2v) is 6.24. The van der Waals surface area contributed by atoms with Crippen LogP contribution >= 0.6 is 0 Å². The van der Waals surface area contributed by atoms with Gasteiger partial charge in [-0.15, -0.1) is 0 Å². The van der Waals surface area contributed by atoms with Crippen molar-refractivity contribution in [3.63, 3.8) is 0 Å². The van der Waals surface area contributed by atoms with Crippen LogP contribution in [-0.2, 0) is 11.3 Å². The smallest absolute Gasteiger partial charge is 0.407 e. The number of hydrogen-bond donors (Lipinski definition) is 2. The summed E-state index contributed by atoms with van der Waals surface area (Å²) in [7, 11) is 0. The largest absolute Gasteiger partial charge is 0.493 e. The van der Waals surface area contributed by atoms with E-state index in [2.05, 4.69) is 15.5 Å². The molecule has 25 heavy (non-hydrogen) atoms. The average Bonchev–Trinajstić information content (AvgIpc) is 3.03. The first-order valence-corrected chi connectivity index (χ1v) is 8.32. The third-order valence-electron chi connectivity index (χ3n) is 4.29. The fourth-order valence-corrected chi connectivity index (χ4v) is 2.93. The Morgan fingerprint density at radius 3 is 3.00 bits per heavy atom. The second kappa shape index (κ2) is 6.47. The van der Waals surface area contributed by atoms with Gasteiger partial charge in [0.15, 0.2) is 0 Å². The Kier molecular flexibility index (Phi) is 4.01. The number of aromatic amines is 1. The fraction of sp³-hybridized carbons (Fsp3) is 0.263. The summed E-state index contributed by atoms with van der Waals surface area (Å²) in [5, 5.41) is 11.3. The normalized spacial score (nSPS) is 18.0. The van der Waals surface area contributed by atoms with Crippen LogP contribution in [0.25, 0.3) is 22.2 Å². The molecule has 1 aliphatic rings. The molecule has 1 amide bonds. The maximum atomic E-state index is 11.9. The SMILES string of the molecule is CC1CCOc2ccc3[nH]nc(c3c2)-c2cccc(c2)COC(=O)N1. The van der Waals surface area contributed by atoms with Crippen molar-refractivity contribution in [3.05, 3.63) is 48.0 Å². The number of cyclic esters (lactones) is 1. The van der Waals surface area contributed by atoms with Gasteiger partial charge in [0.25, 0.3) is 0 Å². The molecule has 4 rings (SSSR count). The predicted molar refractivity (Wildman–Crippen MR) is 94.4 cm³/mol. The molecule has 2 heterocycles. The maximum absolute atomic E-state index is 11.9. The van der Waals surface area contributed by atoms with Crippen LogP contribution in [0.3, 0.4) is 0 Å². The number of carbonyl (C=O) groups is 1. The van der Waals surface area contributed by atoms with Crippen LogP contribution in [0.1, 0.15) is 18.9 Å². The molecule has 3 aromatic rings. The molecule has 128 valence electrons. The van der Waals surface area contributed by atoms with Gasteiger partial charge < -0.3 is 14.8 Å². The molecule has 1 atom stereocenters. The van der Waals surface area contributed by atoms with Gasteiger partial charge in [0.05, 0.1) is 12.1 Å². The minimum absolute atomic E-state index is 0.0304. The van der Waals surface area contributed by atoms with Gasteiger partial charge in [-0.05, 0) is 36.8 Å². The molecule has 0 radical (unpaired) electrons. The van der Waals surface area contributed by atoms with Crippen LogP contribution in [0.2, 0.25) is 0 Å². The number of amides is 1. The molecule has 0 spiro atoms. The number of rotatable bonds is 0. The van der Waals surface area contributed by atoms with E-state index in [0.717, 1.165) is 33.5 Å². The first kappa shape index (κ1) is 15.5. The van der Waals surface area contributed by atoms with Gasteiger partial charge in [-0.2, -0.15) is 5.10 Å². The molecular formula is C19H19N3O3. The van der Waals surface area contributed by atoms with E-state index in [0.29, 0.717) is 13.0 Å². The van der Waals surface area contributed by atoms with Gasteiger partial charge in [0, 0.05) is 23.4 Å². The van der Waals surface area contributed by atoms with E-state index >= 15 is 0 Å². The second-order valence-electron chi connectivity index (χ2n) is 6.24. The molecule has 1 aromatic heterocycles. The summed E-state index contributed by atoms with van der Waals surface area (Å²) in [4.78, 5) is 11.9. The molecule has 0 saturated carbocycles. The highest BCUT2D eigenvalue weighted by Crippen LogP contribution is 2.30. The lowest BCUT2D eigenvalue weighted by Gasteiger charge is -2.14. The van der Waals surface area contributed by atoms with E-state index in [9.17, 15) is 4.79 Å². The van der Waals surface area contributed by atoms with Crippen molar-refractivity contribution >= 4 is 17.0 Å². The summed E-state index contributed by atoms with van der Waals surface area (Å²) < 4.78 is 11.1. The average molecular weight is 337 g/mol. The number of benzene rings is 2. The number of aromatic nitrogens is 2. The number of hydrogen-bond acceptors (Lipinski definition) is 4. The zero-order chi connectivity index (χ0) is 17.2. The van der Waals surface area contributed by atoms with Gasteiger partial charge in [-0.3, -0.25) is 5.10 Å². The Morgan fingerprint density at radius 2 is 2.08 bits per heavy atom. The lowest BCUT2D eigenvalue weighted by molar-refractivity contribution is 0.135. The van der Waals surface area contributed by atoms with Crippen LogP contribution in [-0.4, -0.2) is 28.9 Å². The third kappa shape index (κ3) is 3.28. The number of fused-ring (bicyclic) bond motifs is 4. The van der Waals surface area contributed by atoms with E-state index in [1.807, 2.05) is 49.4 Å². The van der Waals surface area contributed by atoms with Crippen molar-refractivity contribution in [1.82, 2.24) is 15.5 Å². The number of H-pyrrole nitrogens is 1. The van der Waals surface area contributed by atoms with Crippen molar-refractivity contribution < 1.29 is 14.3 Å². The van der Waals surface area contributed by atoms with Gasteiger partial charge >= 0.3 is 6.09 Å². The summed E-state index contributed by atoms with van der Waals surface area (Å²) in [6.07, 6.45) is 0.273. The Hall–Kier alpha value is -3.02. The summed E-state index contributed by atoms with van der Waals surface area (Å²) in [5.41, 5.74) is 3.69. The summed E-state index contributed by atoms with van der Waals surface area (Å²) in [6, 6.07) is 13.7. The van der Waals surface area contributed by atoms with Crippen LogP contribution in [0.15, 0.2) is 42.5 Å². The minimum atomic E-state index is -0.421. The number of ether oxygens (including phenoxy) is 2. The Labute approximate surface area is 145 Å². The van der Waals surface area contributed by atoms with Gasteiger partial charge in [0.1, 0.15) is 18.1 Å². The quantitative estimate of drug-likeness (QED) is 0.657. The van der Waals surface area contributed by atoms with E-state index in [-0.39, 0.29) is 12.6 Å². The molecular weight excluding hydrogens is 318 g/mol. The Balaban J connectivity index is 1.77. The molecule has 6 nitrogen and oxygen atoms in total. The van der Waals surface area contributed by atoms with E-state index < -0.39 is 6.09 Å². The first-order chi connectivity index (χ1) is 12.2. The summed E-state index contributed by atoms with van der Waals surface area (Å²) in [6.45, 7) is 2.66. The monoisotopic (exact) mass is 337 g/mol.